The number of fused-ring (bicyclic) bond motifs is 2. The minimum atomic E-state index is -0.560. The summed E-state index contributed by atoms with van der Waals surface area (Å²) < 4.78 is 13.6. The number of ether oxygens (including phenoxy) is 2. The van der Waals surface area contributed by atoms with Crippen LogP contribution in [0, 0.1) is 18.3 Å². The van der Waals surface area contributed by atoms with Gasteiger partial charge >= 0.3 is 0 Å². The van der Waals surface area contributed by atoms with Crippen LogP contribution in [-0.2, 0) is 6.54 Å². The van der Waals surface area contributed by atoms with Gasteiger partial charge in [-0.2, -0.15) is 10.3 Å². The van der Waals surface area contributed by atoms with Crippen molar-refractivity contribution in [1.29, 1.82) is 5.26 Å². The number of aromatic nitrogens is 3. The average Bonchev–Trinajstić information content (AvgIpc) is 2.85. The van der Waals surface area contributed by atoms with Crippen LogP contribution in [0.4, 0.5) is 0 Å². The Morgan fingerprint density at radius 2 is 1.91 bits per heavy atom. The van der Waals surface area contributed by atoms with Crippen molar-refractivity contribution in [2.75, 3.05) is 14.2 Å². The summed E-state index contributed by atoms with van der Waals surface area (Å²) in [5.41, 5.74) is 1.96. The van der Waals surface area contributed by atoms with E-state index in [0.29, 0.717) is 35.8 Å². The van der Waals surface area contributed by atoms with E-state index in [0.717, 1.165) is 5.56 Å². The lowest BCUT2D eigenvalue weighted by atomic mass is 10.2. The molecule has 172 valence electrons. The Kier molecular flexibility index (Phi) is 6.15. The van der Waals surface area contributed by atoms with E-state index < -0.39 is 5.91 Å². The highest BCUT2D eigenvalue weighted by Crippen LogP contribution is 2.27. The van der Waals surface area contributed by atoms with E-state index in [4.69, 9.17) is 14.5 Å². The predicted molar refractivity (Wildman–Crippen MR) is 126 cm³/mol. The summed E-state index contributed by atoms with van der Waals surface area (Å²) in [5.74, 6) is 0.312. The van der Waals surface area contributed by atoms with Crippen LogP contribution in [0.5, 0.6) is 11.5 Å². The highest BCUT2D eigenvalue weighted by atomic mass is 16.5. The quantitative estimate of drug-likeness (QED) is 0.426. The second-order valence-corrected chi connectivity index (χ2v) is 7.67. The number of hydrogen-bond acceptors (Lipinski definition) is 6. The molecule has 0 aliphatic heterocycles. The molecule has 4 aromatic rings. The largest absolute Gasteiger partial charge is 0.493 e. The average molecular weight is 457 g/mol. The molecule has 0 fully saturated rings. The van der Waals surface area contributed by atoms with Gasteiger partial charge in [0, 0.05) is 18.3 Å². The van der Waals surface area contributed by atoms with Gasteiger partial charge in [-0.1, -0.05) is 13.0 Å². The summed E-state index contributed by atoms with van der Waals surface area (Å²) in [6.07, 6.45) is 2.32. The third-order valence-corrected chi connectivity index (χ3v) is 5.51. The first kappa shape index (κ1) is 22.7. The standard InChI is InChI=1S/C25H23N5O4/c1-5-10-29-22(28-24(31)16-8-9-19(33-3)20(13-16)34-4)17(14-26)12-18-23(29)27-21-15(2)7-6-11-30(21)25(18)32/h6-9,11-13H,5,10H2,1-4H3. The van der Waals surface area contributed by atoms with E-state index in [9.17, 15) is 14.9 Å². The summed E-state index contributed by atoms with van der Waals surface area (Å²) in [6, 6.07) is 11.9. The first-order valence-corrected chi connectivity index (χ1v) is 10.7. The Hall–Kier alpha value is -4.45. The first-order valence-electron chi connectivity index (χ1n) is 10.7. The van der Waals surface area contributed by atoms with Crippen LogP contribution in [0.15, 0.2) is 52.4 Å². The normalized spacial score (nSPS) is 11.6. The molecule has 9 nitrogen and oxygen atoms in total. The molecule has 9 heteroatoms. The van der Waals surface area contributed by atoms with Crippen LogP contribution in [0.1, 0.15) is 34.8 Å². The second kappa shape index (κ2) is 9.19. The van der Waals surface area contributed by atoms with Crippen molar-refractivity contribution in [3.8, 4) is 17.6 Å². The maximum atomic E-state index is 13.2. The van der Waals surface area contributed by atoms with E-state index in [1.165, 1.54) is 30.8 Å². The molecule has 4 rings (SSSR count). The van der Waals surface area contributed by atoms with Gasteiger partial charge in [0.1, 0.15) is 17.4 Å². The van der Waals surface area contributed by atoms with E-state index in [2.05, 4.69) is 11.1 Å². The Morgan fingerprint density at radius 3 is 2.59 bits per heavy atom. The van der Waals surface area contributed by atoms with Gasteiger partial charge in [0.05, 0.1) is 25.2 Å². The van der Waals surface area contributed by atoms with E-state index in [1.54, 1.807) is 29.0 Å². The number of rotatable bonds is 5. The van der Waals surface area contributed by atoms with E-state index >= 15 is 0 Å². The highest BCUT2D eigenvalue weighted by Gasteiger charge is 2.16. The van der Waals surface area contributed by atoms with Crippen LogP contribution in [-0.4, -0.2) is 34.1 Å². The molecule has 0 saturated carbocycles. The minimum Gasteiger partial charge on any atom is -0.493 e. The van der Waals surface area contributed by atoms with Crippen molar-refractivity contribution in [2.24, 2.45) is 4.99 Å². The fraction of sp³-hybridized carbons (Fsp3) is 0.240. The number of hydrogen-bond donors (Lipinski definition) is 0. The van der Waals surface area contributed by atoms with Crippen molar-refractivity contribution in [3.05, 3.63) is 75.1 Å². The van der Waals surface area contributed by atoms with Crippen LogP contribution < -0.4 is 20.5 Å². The number of benzene rings is 1. The molecular formula is C25H23N5O4. The number of aryl methyl sites for hydroxylation is 2. The van der Waals surface area contributed by atoms with Crippen molar-refractivity contribution in [3.63, 3.8) is 0 Å². The van der Waals surface area contributed by atoms with Crippen molar-refractivity contribution < 1.29 is 14.3 Å². The number of nitriles is 1. The molecule has 0 aliphatic rings. The predicted octanol–water partition coefficient (Wildman–Crippen LogP) is 3.00. The van der Waals surface area contributed by atoms with Crippen molar-refractivity contribution >= 4 is 22.6 Å². The third kappa shape index (κ3) is 3.79. The van der Waals surface area contributed by atoms with Crippen LogP contribution >= 0.6 is 0 Å². The molecule has 0 saturated heterocycles. The van der Waals surface area contributed by atoms with Crippen LogP contribution in [0.2, 0.25) is 0 Å². The monoisotopic (exact) mass is 457 g/mol. The topological polar surface area (TPSA) is 111 Å². The molecule has 0 aliphatic carbocycles. The zero-order chi connectivity index (χ0) is 24.4. The van der Waals surface area contributed by atoms with Gasteiger partial charge in [-0.25, -0.2) is 4.98 Å². The first-order chi connectivity index (χ1) is 16.4. The molecule has 3 aromatic heterocycles. The molecular weight excluding hydrogens is 434 g/mol. The van der Waals surface area contributed by atoms with Crippen LogP contribution in [0.3, 0.4) is 0 Å². The Bertz CT molecular complexity index is 1610. The van der Waals surface area contributed by atoms with Gasteiger partial charge in [0.15, 0.2) is 17.0 Å². The molecule has 1 aromatic carbocycles. The minimum absolute atomic E-state index is 0.112. The van der Waals surface area contributed by atoms with Gasteiger partial charge in [-0.05, 0) is 49.2 Å². The summed E-state index contributed by atoms with van der Waals surface area (Å²) in [5, 5.41) is 10.1. The zero-order valence-corrected chi connectivity index (χ0v) is 19.3. The maximum Gasteiger partial charge on any atom is 0.279 e. The van der Waals surface area contributed by atoms with E-state index in [1.807, 2.05) is 19.9 Å². The maximum absolute atomic E-state index is 13.2. The molecule has 0 spiro atoms. The summed E-state index contributed by atoms with van der Waals surface area (Å²) in [7, 11) is 2.98. The molecule has 0 unspecified atom stereocenters. The molecule has 0 bridgehead atoms. The Labute approximate surface area is 195 Å². The van der Waals surface area contributed by atoms with Crippen molar-refractivity contribution in [2.45, 2.75) is 26.8 Å². The molecule has 34 heavy (non-hydrogen) atoms. The van der Waals surface area contributed by atoms with Gasteiger partial charge in [0.2, 0.25) is 0 Å². The van der Waals surface area contributed by atoms with Gasteiger partial charge in [0.25, 0.3) is 11.5 Å². The lowest BCUT2D eigenvalue weighted by molar-refractivity contribution is 0.0996. The van der Waals surface area contributed by atoms with Gasteiger partial charge in [-0.3, -0.25) is 14.0 Å². The van der Waals surface area contributed by atoms with Crippen molar-refractivity contribution in [1.82, 2.24) is 14.0 Å². The number of nitrogens with zero attached hydrogens (tertiary/aromatic N) is 5. The summed E-state index contributed by atoms with van der Waals surface area (Å²) in [6.45, 7) is 4.24. The molecule has 1 amide bonds. The Morgan fingerprint density at radius 1 is 1.15 bits per heavy atom. The molecule has 0 N–H and O–H groups in total. The molecule has 3 heterocycles. The smallest absolute Gasteiger partial charge is 0.279 e. The lowest BCUT2D eigenvalue weighted by Gasteiger charge is -2.13. The van der Waals surface area contributed by atoms with Gasteiger partial charge < -0.3 is 14.0 Å². The van der Waals surface area contributed by atoms with Crippen LogP contribution in [0.25, 0.3) is 16.7 Å². The number of amides is 1. The van der Waals surface area contributed by atoms with E-state index in [-0.39, 0.29) is 27.6 Å². The molecule has 0 radical (unpaired) electrons. The number of methoxy groups -OCH3 is 2. The fourth-order valence-corrected chi connectivity index (χ4v) is 3.86. The zero-order valence-electron chi connectivity index (χ0n) is 19.3. The highest BCUT2D eigenvalue weighted by molar-refractivity contribution is 5.95. The van der Waals surface area contributed by atoms with Gasteiger partial charge in [-0.15, -0.1) is 0 Å². The Balaban J connectivity index is 2.04. The SMILES string of the molecule is CCCn1c(=NC(=O)c2ccc(OC)c(OC)c2)c(C#N)cc2c(=O)n3cccc(C)c3nc21. The third-order valence-electron chi connectivity index (χ3n) is 5.51. The fourth-order valence-electron chi connectivity index (χ4n) is 3.86. The molecule has 0 atom stereocenters. The summed E-state index contributed by atoms with van der Waals surface area (Å²) >= 11 is 0. The number of carbonyl (C=O) groups excluding carboxylic acids is 1. The number of carbonyl (C=O) groups is 1. The number of pyridine rings is 2. The second-order valence-electron chi connectivity index (χ2n) is 7.67. The summed E-state index contributed by atoms with van der Waals surface area (Å²) in [4.78, 5) is 35.4. The lowest BCUT2D eigenvalue weighted by Crippen LogP contribution is -2.29.